The zero-order chi connectivity index (χ0) is 16.3. The molecule has 122 valence electrons. The van der Waals surface area contributed by atoms with Gasteiger partial charge in [-0.3, -0.25) is 9.69 Å². The van der Waals surface area contributed by atoms with Gasteiger partial charge in [0.25, 0.3) is 0 Å². The van der Waals surface area contributed by atoms with Gasteiger partial charge in [0.05, 0.1) is 0 Å². The maximum absolute atomic E-state index is 12.6. The van der Waals surface area contributed by atoms with E-state index in [0.717, 1.165) is 38.0 Å². The first-order valence-electron chi connectivity index (χ1n) is 8.05. The van der Waals surface area contributed by atoms with Crippen molar-refractivity contribution in [3.05, 3.63) is 47.7 Å². The first kappa shape index (κ1) is 15.7. The van der Waals surface area contributed by atoms with Crippen molar-refractivity contribution in [2.24, 2.45) is 5.41 Å². The summed E-state index contributed by atoms with van der Waals surface area (Å²) in [7, 11) is 0. The molecule has 0 saturated carbocycles. The van der Waals surface area contributed by atoms with Crippen LogP contribution in [0.15, 0.2) is 41.1 Å². The highest BCUT2D eigenvalue weighted by atomic mass is 16.5. The van der Waals surface area contributed by atoms with Crippen LogP contribution < -0.4 is 5.32 Å². The summed E-state index contributed by atoms with van der Waals surface area (Å²) in [5.41, 5.74) is 1.82. The number of hydrogen-bond acceptors (Lipinski definition) is 4. The number of benzene rings is 1. The molecule has 5 heteroatoms. The lowest BCUT2D eigenvalue weighted by molar-refractivity contribution is -0.127. The molecule has 0 radical (unpaired) electrons. The van der Waals surface area contributed by atoms with Crippen LogP contribution in [0.25, 0.3) is 0 Å². The Hall–Kier alpha value is -2.14. The van der Waals surface area contributed by atoms with E-state index in [1.165, 1.54) is 5.56 Å². The van der Waals surface area contributed by atoms with E-state index in [2.05, 4.69) is 39.6 Å². The number of nitrogens with one attached hydrogen (secondary N) is 1. The highest BCUT2D eigenvalue weighted by Crippen LogP contribution is 2.33. The van der Waals surface area contributed by atoms with Crippen molar-refractivity contribution in [1.82, 2.24) is 10.1 Å². The van der Waals surface area contributed by atoms with Gasteiger partial charge in [-0.05, 0) is 38.4 Å². The highest BCUT2D eigenvalue weighted by molar-refractivity contribution is 5.94. The topological polar surface area (TPSA) is 58.4 Å². The fourth-order valence-electron chi connectivity index (χ4n) is 2.94. The van der Waals surface area contributed by atoms with Crippen LogP contribution in [0.1, 0.15) is 30.9 Å². The molecule has 3 rings (SSSR count). The van der Waals surface area contributed by atoms with E-state index in [-0.39, 0.29) is 11.3 Å². The molecule has 1 aromatic carbocycles. The molecular formula is C18H23N3O2. The second-order valence-electron chi connectivity index (χ2n) is 6.62. The van der Waals surface area contributed by atoms with E-state index >= 15 is 0 Å². The van der Waals surface area contributed by atoms with Crippen LogP contribution in [0.5, 0.6) is 0 Å². The largest absolute Gasteiger partial charge is 0.362 e. The molecule has 0 aliphatic carbocycles. The molecule has 1 N–H and O–H groups in total. The van der Waals surface area contributed by atoms with Gasteiger partial charge in [0, 0.05) is 17.5 Å². The van der Waals surface area contributed by atoms with Crippen molar-refractivity contribution >= 4 is 11.7 Å². The number of amides is 1. The fraction of sp³-hybridized carbons (Fsp3) is 0.444. The van der Waals surface area contributed by atoms with Gasteiger partial charge in [0.1, 0.15) is 6.26 Å². The molecule has 0 unspecified atom stereocenters. The van der Waals surface area contributed by atoms with E-state index in [1.54, 1.807) is 6.26 Å². The number of likely N-dealkylation sites (tertiary alicyclic amines) is 1. The predicted octanol–water partition coefficient (Wildman–Crippen LogP) is 3.22. The molecule has 1 saturated heterocycles. The molecule has 2 aromatic rings. The number of carbonyl (C=O) groups is 1. The number of hydrogen-bond donors (Lipinski definition) is 1. The van der Waals surface area contributed by atoms with E-state index in [9.17, 15) is 4.79 Å². The minimum Gasteiger partial charge on any atom is -0.362 e. The summed E-state index contributed by atoms with van der Waals surface area (Å²) in [4.78, 5) is 15.0. The summed E-state index contributed by atoms with van der Waals surface area (Å²) >= 11 is 0. The molecular weight excluding hydrogens is 290 g/mol. The molecule has 5 nitrogen and oxygen atoms in total. The monoisotopic (exact) mass is 313 g/mol. The second kappa shape index (κ2) is 6.54. The molecule has 1 fully saturated rings. The molecule has 0 spiro atoms. The van der Waals surface area contributed by atoms with Crippen LogP contribution >= 0.6 is 0 Å². The SMILES string of the molecule is Cc1conc1NC(=O)C1(C)CCN(Cc2ccccc2)CC1. The first-order chi connectivity index (χ1) is 11.1. The van der Waals surface area contributed by atoms with Gasteiger partial charge >= 0.3 is 0 Å². The lowest BCUT2D eigenvalue weighted by Gasteiger charge is -2.38. The van der Waals surface area contributed by atoms with E-state index in [4.69, 9.17) is 4.52 Å². The predicted molar refractivity (Wildman–Crippen MR) is 88.9 cm³/mol. The smallest absolute Gasteiger partial charge is 0.231 e. The number of aryl methyl sites for hydroxylation is 1. The quantitative estimate of drug-likeness (QED) is 0.941. The zero-order valence-electron chi connectivity index (χ0n) is 13.7. The van der Waals surface area contributed by atoms with Crippen LogP contribution in [0.3, 0.4) is 0 Å². The number of piperidine rings is 1. The third kappa shape index (κ3) is 3.62. The van der Waals surface area contributed by atoms with Crippen LogP contribution in [0.2, 0.25) is 0 Å². The van der Waals surface area contributed by atoms with Gasteiger partial charge in [-0.15, -0.1) is 0 Å². The van der Waals surface area contributed by atoms with Crippen LogP contribution in [0, 0.1) is 12.3 Å². The Labute approximate surface area is 136 Å². The summed E-state index contributed by atoms with van der Waals surface area (Å²) in [6.45, 7) is 6.71. The molecule has 23 heavy (non-hydrogen) atoms. The number of nitrogens with zero attached hydrogens (tertiary/aromatic N) is 2. The third-order valence-electron chi connectivity index (χ3n) is 4.74. The Morgan fingerprint density at radius 3 is 2.61 bits per heavy atom. The number of aromatic nitrogens is 1. The van der Waals surface area contributed by atoms with Crippen molar-refractivity contribution < 1.29 is 9.32 Å². The maximum atomic E-state index is 12.6. The third-order valence-corrected chi connectivity index (χ3v) is 4.74. The molecule has 2 heterocycles. The van der Waals surface area contributed by atoms with Crippen molar-refractivity contribution in [3.8, 4) is 0 Å². The minimum absolute atomic E-state index is 0.0360. The summed E-state index contributed by atoms with van der Waals surface area (Å²) in [6, 6.07) is 10.5. The van der Waals surface area contributed by atoms with E-state index in [1.807, 2.05) is 19.9 Å². The second-order valence-corrected chi connectivity index (χ2v) is 6.62. The van der Waals surface area contributed by atoms with E-state index in [0.29, 0.717) is 5.82 Å². The van der Waals surface area contributed by atoms with Crippen LogP contribution in [0.4, 0.5) is 5.82 Å². The highest BCUT2D eigenvalue weighted by Gasteiger charge is 2.37. The lowest BCUT2D eigenvalue weighted by atomic mass is 9.79. The standard InChI is InChI=1S/C18H23N3O2/c1-14-13-23-20-16(14)19-17(22)18(2)8-10-21(11-9-18)12-15-6-4-3-5-7-15/h3-7,13H,8-12H2,1-2H3,(H,19,20,22). The molecule has 0 bridgehead atoms. The van der Waals surface area contributed by atoms with Crippen molar-refractivity contribution in [1.29, 1.82) is 0 Å². The summed E-state index contributed by atoms with van der Waals surface area (Å²) in [5.74, 6) is 0.566. The zero-order valence-corrected chi connectivity index (χ0v) is 13.7. The average molecular weight is 313 g/mol. The Morgan fingerprint density at radius 1 is 1.30 bits per heavy atom. The summed E-state index contributed by atoms with van der Waals surface area (Å²) < 4.78 is 4.88. The number of carbonyl (C=O) groups excluding carboxylic acids is 1. The maximum Gasteiger partial charge on any atom is 0.231 e. The molecule has 1 aliphatic rings. The fourth-order valence-corrected chi connectivity index (χ4v) is 2.94. The minimum atomic E-state index is -0.349. The van der Waals surface area contributed by atoms with E-state index < -0.39 is 0 Å². The van der Waals surface area contributed by atoms with Gasteiger partial charge in [-0.25, -0.2) is 0 Å². The summed E-state index contributed by atoms with van der Waals surface area (Å²) in [5, 5.41) is 6.74. The lowest BCUT2D eigenvalue weighted by Crippen LogP contribution is -2.44. The normalized spacial score (nSPS) is 17.8. The van der Waals surface area contributed by atoms with Gasteiger partial charge in [-0.1, -0.05) is 42.4 Å². The Morgan fingerprint density at radius 2 is 2.00 bits per heavy atom. The van der Waals surface area contributed by atoms with Crippen molar-refractivity contribution in [3.63, 3.8) is 0 Å². The van der Waals surface area contributed by atoms with Crippen LogP contribution in [-0.2, 0) is 11.3 Å². The van der Waals surface area contributed by atoms with Gasteiger partial charge in [0.15, 0.2) is 5.82 Å². The molecule has 1 amide bonds. The number of anilines is 1. The Bertz CT molecular complexity index is 658. The first-order valence-corrected chi connectivity index (χ1v) is 8.05. The Kier molecular flexibility index (Phi) is 4.48. The van der Waals surface area contributed by atoms with Crippen LogP contribution in [-0.4, -0.2) is 29.1 Å². The van der Waals surface area contributed by atoms with Crippen molar-refractivity contribution in [2.75, 3.05) is 18.4 Å². The molecule has 1 aliphatic heterocycles. The number of rotatable bonds is 4. The molecule has 1 aromatic heterocycles. The molecule has 0 atom stereocenters. The van der Waals surface area contributed by atoms with Gasteiger partial charge in [0.2, 0.25) is 5.91 Å². The summed E-state index contributed by atoms with van der Waals surface area (Å²) in [6.07, 6.45) is 3.24. The van der Waals surface area contributed by atoms with Crippen molar-refractivity contribution in [2.45, 2.75) is 33.2 Å². The Balaban J connectivity index is 1.56. The average Bonchev–Trinajstić information content (AvgIpc) is 2.96. The van der Waals surface area contributed by atoms with Gasteiger partial charge in [-0.2, -0.15) is 0 Å². The van der Waals surface area contributed by atoms with Gasteiger partial charge < -0.3 is 9.84 Å².